The molecule has 0 fully saturated rings. The van der Waals surface area contributed by atoms with Crippen molar-refractivity contribution in [3.8, 4) is 5.75 Å². The number of hydrogen-bond donors (Lipinski definition) is 1. The summed E-state index contributed by atoms with van der Waals surface area (Å²) >= 11 is 0. The number of amides is 2. The molecule has 0 radical (unpaired) electrons. The Bertz CT molecular complexity index is 1100. The first-order valence-corrected chi connectivity index (χ1v) is 9.42. The molecule has 4 rings (SSSR count). The van der Waals surface area contributed by atoms with Crippen LogP contribution in [-0.2, 0) is 11.3 Å². The van der Waals surface area contributed by atoms with Gasteiger partial charge in [0.05, 0.1) is 12.2 Å². The Balaban J connectivity index is 1.51. The molecule has 6 nitrogen and oxygen atoms in total. The molecule has 2 amide bonds. The number of ether oxygens (including phenoxy) is 1. The summed E-state index contributed by atoms with van der Waals surface area (Å²) in [5.41, 5.74) is 4.71. The number of nitrogens with one attached hydrogen (secondary N) is 1. The molecule has 29 heavy (non-hydrogen) atoms. The van der Waals surface area contributed by atoms with E-state index in [4.69, 9.17) is 9.15 Å². The molecule has 6 heteroatoms. The van der Waals surface area contributed by atoms with Crippen molar-refractivity contribution < 1.29 is 18.7 Å². The first kappa shape index (κ1) is 18.8. The minimum Gasteiger partial charge on any atom is -0.482 e. The van der Waals surface area contributed by atoms with Crippen molar-refractivity contribution in [3.63, 3.8) is 0 Å². The van der Waals surface area contributed by atoms with Crippen LogP contribution in [0.3, 0.4) is 0 Å². The number of hydrogen-bond acceptors (Lipinski definition) is 4. The Hall–Kier alpha value is -3.54. The van der Waals surface area contributed by atoms with E-state index >= 15 is 0 Å². The number of rotatable bonds is 4. The summed E-state index contributed by atoms with van der Waals surface area (Å²) in [6.07, 6.45) is 0. The van der Waals surface area contributed by atoms with E-state index in [0.717, 1.165) is 16.7 Å². The molecule has 1 aliphatic heterocycles. The van der Waals surface area contributed by atoms with Crippen molar-refractivity contribution in [2.75, 3.05) is 16.8 Å². The van der Waals surface area contributed by atoms with Crippen LogP contribution >= 0.6 is 0 Å². The zero-order chi connectivity index (χ0) is 20.5. The lowest BCUT2D eigenvalue weighted by Crippen LogP contribution is -2.38. The molecule has 0 saturated heterocycles. The van der Waals surface area contributed by atoms with Gasteiger partial charge in [-0.25, -0.2) is 0 Å². The SMILES string of the molecule is Cc1ccc2c(c1)N(Cc1ccc(C(=O)Nc3ccc(C)c(C)c3)o1)C(=O)CO2. The lowest BCUT2D eigenvalue weighted by atomic mass is 10.1. The molecule has 0 bridgehead atoms. The van der Waals surface area contributed by atoms with Gasteiger partial charge >= 0.3 is 0 Å². The standard InChI is InChI=1S/C23H22N2O4/c1-14-4-8-20-19(10-14)25(22(26)13-28-20)12-18-7-9-21(29-18)23(27)24-17-6-5-15(2)16(3)11-17/h4-11H,12-13H2,1-3H3,(H,24,27). The molecule has 0 spiro atoms. The third-order valence-corrected chi connectivity index (χ3v) is 5.02. The van der Waals surface area contributed by atoms with Crippen molar-refractivity contribution >= 4 is 23.2 Å². The summed E-state index contributed by atoms with van der Waals surface area (Å²) in [5, 5.41) is 2.84. The van der Waals surface area contributed by atoms with Gasteiger partial charge in [-0.2, -0.15) is 0 Å². The molecule has 0 saturated carbocycles. The fourth-order valence-electron chi connectivity index (χ4n) is 3.24. The number of carbonyl (C=O) groups excluding carboxylic acids is 2. The summed E-state index contributed by atoms with van der Waals surface area (Å²) in [4.78, 5) is 26.5. The number of anilines is 2. The van der Waals surface area contributed by atoms with Gasteiger partial charge in [0, 0.05) is 5.69 Å². The van der Waals surface area contributed by atoms with Gasteiger partial charge in [0.2, 0.25) is 0 Å². The Morgan fingerprint density at radius 1 is 1.03 bits per heavy atom. The van der Waals surface area contributed by atoms with Crippen LogP contribution in [-0.4, -0.2) is 18.4 Å². The second kappa shape index (κ2) is 7.47. The van der Waals surface area contributed by atoms with Crippen LogP contribution in [0, 0.1) is 20.8 Å². The molecule has 0 unspecified atom stereocenters. The smallest absolute Gasteiger partial charge is 0.291 e. The Labute approximate surface area is 169 Å². The summed E-state index contributed by atoms with van der Waals surface area (Å²) < 4.78 is 11.2. The van der Waals surface area contributed by atoms with Crippen molar-refractivity contribution in [3.05, 3.63) is 76.7 Å². The summed E-state index contributed by atoms with van der Waals surface area (Å²) in [6, 6.07) is 14.8. The van der Waals surface area contributed by atoms with Crippen LogP contribution < -0.4 is 15.0 Å². The summed E-state index contributed by atoms with van der Waals surface area (Å²) in [7, 11) is 0. The lowest BCUT2D eigenvalue weighted by Gasteiger charge is -2.29. The molecular weight excluding hydrogens is 368 g/mol. The van der Waals surface area contributed by atoms with E-state index in [1.807, 2.05) is 57.2 Å². The zero-order valence-corrected chi connectivity index (χ0v) is 16.6. The topological polar surface area (TPSA) is 71.8 Å². The van der Waals surface area contributed by atoms with Crippen LogP contribution in [0.1, 0.15) is 33.0 Å². The molecule has 1 aliphatic rings. The first-order chi connectivity index (χ1) is 13.9. The van der Waals surface area contributed by atoms with E-state index < -0.39 is 0 Å². The van der Waals surface area contributed by atoms with Crippen LogP contribution in [0.4, 0.5) is 11.4 Å². The molecule has 3 aromatic rings. The average molecular weight is 390 g/mol. The van der Waals surface area contributed by atoms with E-state index in [1.54, 1.807) is 17.0 Å². The third kappa shape index (κ3) is 3.87. The molecule has 2 aromatic carbocycles. The molecule has 1 N–H and O–H groups in total. The minimum absolute atomic E-state index is 0.0170. The summed E-state index contributed by atoms with van der Waals surface area (Å²) in [6.45, 7) is 6.19. The molecule has 0 atom stereocenters. The van der Waals surface area contributed by atoms with Crippen LogP contribution in [0.2, 0.25) is 0 Å². The van der Waals surface area contributed by atoms with Gasteiger partial charge in [-0.05, 0) is 73.9 Å². The largest absolute Gasteiger partial charge is 0.482 e. The number of fused-ring (bicyclic) bond motifs is 1. The molecule has 1 aromatic heterocycles. The maximum Gasteiger partial charge on any atom is 0.291 e. The first-order valence-electron chi connectivity index (χ1n) is 9.42. The van der Waals surface area contributed by atoms with Gasteiger partial charge in [0.1, 0.15) is 11.5 Å². The van der Waals surface area contributed by atoms with E-state index in [2.05, 4.69) is 5.32 Å². The quantitative estimate of drug-likeness (QED) is 0.717. The number of aryl methyl sites for hydroxylation is 3. The van der Waals surface area contributed by atoms with E-state index in [1.165, 1.54) is 0 Å². The number of nitrogens with zero attached hydrogens (tertiary/aromatic N) is 1. The fourth-order valence-corrected chi connectivity index (χ4v) is 3.24. The maximum absolute atomic E-state index is 12.5. The Kier molecular flexibility index (Phi) is 4.84. The normalized spacial score (nSPS) is 13.1. The maximum atomic E-state index is 12.5. The van der Waals surface area contributed by atoms with Crippen molar-refractivity contribution in [2.24, 2.45) is 0 Å². The van der Waals surface area contributed by atoms with E-state index in [0.29, 0.717) is 22.9 Å². The van der Waals surface area contributed by atoms with Gasteiger partial charge < -0.3 is 14.5 Å². The molecule has 2 heterocycles. The van der Waals surface area contributed by atoms with Crippen LogP contribution in [0.5, 0.6) is 5.75 Å². The lowest BCUT2D eigenvalue weighted by molar-refractivity contribution is -0.121. The summed E-state index contributed by atoms with van der Waals surface area (Å²) in [5.74, 6) is 0.903. The van der Waals surface area contributed by atoms with Crippen LogP contribution in [0.25, 0.3) is 0 Å². The second-order valence-electron chi connectivity index (χ2n) is 7.26. The Morgan fingerprint density at radius 2 is 1.86 bits per heavy atom. The van der Waals surface area contributed by atoms with Gasteiger partial charge in [-0.15, -0.1) is 0 Å². The highest BCUT2D eigenvalue weighted by atomic mass is 16.5. The average Bonchev–Trinajstić information content (AvgIpc) is 3.16. The second-order valence-corrected chi connectivity index (χ2v) is 7.26. The number of benzene rings is 2. The van der Waals surface area contributed by atoms with Crippen LogP contribution in [0.15, 0.2) is 52.9 Å². The van der Waals surface area contributed by atoms with Gasteiger partial charge in [0.15, 0.2) is 12.4 Å². The van der Waals surface area contributed by atoms with E-state index in [9.17, 15) is 9.59 Å². The van der Waals surface area contributed by atoms with Gasteiger partial charge in [-0.1, -0.05) is 12.1 Å². The molecule has 0 aliphatic carbocycles. The highest BCUT2D eigenvalue weighted by molar-refractivity contribution is 6.02. The van der Waals surface area contributed by atoms with Gasteiger partial charge in [0.25, 0.3) is 11.8 Å². The number of furan rings is 1. The highest BCUT2D eigenvalue weighted by Gasteiger charge is 2.27. The van der Waals surface area contributed by atoms with E-state index in [-0.39, 0.29) is 30.7 Å². The Morgan fingerprint density at radius 3 is 2.66 bits per heavy atom. The predicted molar refractivity (Wildman–Crippen MR) is 110 cm³/mol. The third-order valence-electron chi connectivity index (χ3n) is 5.02. The molecule has 148 valence electrons. The zero-order valence-electron chi connectivity index (χ0n) is 16.6. The van der Waals surface area contributed by atoms with Crippen molar-refractivity contribution in [1.82, 2.24) is 0 Å². The minimum atomic E-state index is -0.330. The van der Waals surface area contributed by atoms with Crippen molar-refractivity contribution in [2.45, 2.75) is 27.3 Å². The fraction of sp³-hybridized carbons (Fsp3) is 0.217. The highest BCUT2D eigenvalue weighted by Crippen LogP contribution is 2.34. The predicted octanol–water partition coefficient (Wildman–Crippen LogP) is 4.38. The monoisotopic (exact) mass is 390 g/mol. The van der Waals surface area contributed by atoms with Crippen molar-refractivity contribution in [1.29, 1.82) is 0 Å². The number of carbonyl (C=O) groups is 2. The van der Waals surface area contributed by atoms with Gasteiger partial charge in [-0.3, -0.25) is 14.5 Å². The molecular formula is C23H22N2O4.